The number of benzene rings is 2. The van der Waals surface area contributed by atoms with Crippen molar-refractivity contribution >= 4 is 0 Å². The maximum atomic E-state index is 13.2. The summed E-state index contributed by atoms with van der Waals surface area (Å²) in [6, 6.07) is 11.3. The van der Waals surface area contributed by atoms with Gasteiger partial charge in [-0.05, 0) is 54.8 Å². The van der Waals surface area contributed by atoms with Crippen LogP contribution in [0.15, 0.2) is 42.5 Å². The summed E-state index contributed by atoms with van der Waals surface area (Å²) in [6.07, 6.45) is 0. The molecule has 1 N–H and O–H groups in total. The average molecular weight is 261 g/mol. The van der Waals surface area contributed by atoms with E-state index < -0.39 is 0 Å². The standard InChI is InChI=1S/C16H17F2N/c1-11-6-7-16(18)9-14(11)10-19-12(2)13-4-3-5-15(17)8-13/h3-9,12,19H,10H2,1-2H3/t12-/m1/s1. The van der Waals surface area contributed by atoms with Gasteiger partial charge in [-0.25, -0.2) is 8.78 Å². The molecular formula is C16H17F2N. The average Bonchev–Trinajstić information content (AvgIpc) is 2.39. The van der Waals surface area contributed by atoms with Crippen molar-refractivity contribution in [2.45, 2.75) is 26.4 Å². The van der Waals surface area contributed by atoms with E-state index in [1.54, 1.807) is 12.1 Å². The minimum atomic E-state index is -0.243. The number of hydrogen-bond acceptors (Lipinski definition) is 1. The normalized spacial score (nSPS) is 12.4. The quantitative estimate of drug-likeness (QED) is 0.872. The molecule has 1 atom stereocenters. The predicted molar refractivity (Wildman–Crippen MR) is 72.8 cm³/mol. The van der Waals surface area contributed by atoms with E-state index in [9.17, 15) is 8.78 Å². The van der Waals surface area contributed by atoms with Gasteiger partial charge in [0.1, 0.15) is 11.6 Å². The highest BCUT2D eigenvalue weighted by molar-refractivity contribution is 5.27. The Hall–Kier alpha value is -1.74. The Bertz CT molecular complexity index is 566. The summed E-state index contributed by atoms with van der Waals surface area (Å²) < 4.78 is 26.3. The summed E-state index contributed by atoms with van der Waals surface area (Å²) in [6.45, 7) is 4.47. The van der Waals surface area contributed by atoms with Crippen molar-refractivity contribution in [3.63, 3.8) is 0 Å². The van der Waals surface area contributed by atoms with Gasteiger partial charge in [-0.15, -0.1) is 0 Å². The smallest absolute Gasteiger partial charge is 0.123 e. The summed E-state index contributed by atoms with van der Waals surface area (Å²) in [5, 5.41) is 3.28. The number of aryl methyl sites for hydroxylation is 1. The monoisotopic (exact) mass is 261 g/mol. The fraction of sp³-hybridized carbons (Fsp3) is 0.250. The maximum absolute atomic E-state index is 13.2. The predicted octanol–water partition coefficient (Wildman–Crippen LogP) is 4.12. The Labute approximate surface area is 112 Å². The Morgan fingerprint density at radius 2 is 1.79 bits per heavy atom. The molecule has 2 aromatic rings. The minimum Gasteiger partial charge on any atom is -0.306 e. The molecule has 2 aromatic carbocycles. The zero-order valence-electron chi connectivity index (χ0n) is 11.1. The molecule has 100 valence electrons. The van der Waals surface area contributed by atoms with Crippen molar-refractivity contribution in [2.24, 2.45) is 0 Å². The van der Waals surface area contributed by atoms with Crippen LogP contribution in [0.3, 0.4) is 0 Å². The fourth-order valence-corrected chi connectivity index (χ4v) is 1.99. The number of hydrogen-bond donors (Lipinski definition) is 1. The third-order valence-electron chi connectivity index (χ3n) is 3.26. The summed E-state index contributed by atoms with van der Waals surface area (Å²) >= 11 is 0. The molecule has 0 fully saturated rings. The SMILES string of the molecule is Cc1ccc(F)cc1CN[C@H](C)c1cccc(F)c1. The van der Waals surface area contributed by atoms with E-state index in [2.05, 4.69) is 5.32 Å². The van der Waals surface area contributed by atoms with Crippen molar-refractivity contribution in [2.75, 3.05) is 0 Å². The second-order valence-corrected chi connectivity index (χ2v) is 4.73. The lowest BCUT2D eigenvalue weighted by molar-refractivity contribution is 0.560. The topological polar surface area (TPSA) is 12.0 Å². The minimum absolute atomic E-state index is 0.0124. The van der Waals surface area contributed by atoms with Crippen molar-refractivity contribution < 1.29 is 8.78 Å². The Morgan fingerprint density at radius 1 is 1.05 bits per heavy atom. The lowest BCUT2D eigenvalue weighted by atomic mass is 10.1. The summed E-state index contributed by atoms with van der Waals surface area (Å²) in [5.74, 6) is -0.478. The molecule has 0 aliphatic heterocycles. The Morgan fingerprint density at radius 3 is 2.53 bits per heavy atom. The molecular weight excluding hydrogens is 244 g/mol. The van der Waals surface area contributed by atoms with E-state index in [0.29, 0.717) is 6.54 Å². The van der Waals surface area contributed by atoms with Gasteiger partial charge in [0.25, 0.3) is 0 Å². The molecule has 0 aromatic heterocycles. The van der Waals surface area contributed by atoms with Crippen LogP contribution in [0.1, 0.15) is 29.7 Å². The van der Waals surface area contributed by atoms with E-state index >= 15 is 0 Å². The molecule has 0 unspecified atom stereocenters. The van der Waals surface area contributed by atoms with Gasteiger partial charge in [-0.3, -0.25) is 0 Å². The first-order valence-corrected chi connectivity index (χ1v) is 6.30. The van der Waals surface area contributed by atoms with Gasteiger partial charge in [0.15, 0.2) is 0 Å². The van der Waals surface area contributed by atoms with Crippen LogP contribution < -0.4 is 5.32 Å². The zero-order chi connectivity index (χ0) is 13.8. The molecule has 0 aliphatic carbocycles. The second-order valence-electron chi connectivity index (χ2n) is 4.73. The molecule has 1 nitrogen and oxygen atoms in total. The van der Waals surface area contributed by atoms with Gasteiger partial charge in [0.05, 0.1) is 0 Å². The lowest BCUT2D eigenvalue weighted by Crippen LogP contribution is -2.18. The van der Waals surface area contributed by atoms with Gasteiger partial charge in [0.2, 0.25) is 0 Å². The van der Waals surface area contributed by atoms with E-state index in [4.69, 9.17) is 0 Å². The molecule has 2 rings (SSSR count). The first-order chi connectivity index (χ1) is 9.06. The zero-order valence-corrected chi connectivity index (χ0v) is 11.1. The van der Waals surface area contributed by atoms with Crippen LogP contribution in [0.4, 0.5) is 8.78 Å². The van der Waals surface area contributed by atoms with Gasteiger partial charge in [-0.1, -0.05) is 18.2 Å². The van der Waals surface area contributed by atoms with Crippen LogP contribution >= 0.6 is 0 Å². The third kappa shape index (κ3) is 3.61. The highest BCUT2D eigenvalue weighted by Gasteiger charge is 2.07. The first-order valence-electron chi connectivity index (χ1n) is 6.30. The number of halogens is 2. The first kappa shape index (κ1) is 13.7. The molecule has 0 spiro atoms. The van der Waals surface area contributed by atoms with Crippen molar-refractivity contribution in [1.29, 1.82) is 0 Å². The van der Waals surface area contributed by atoms with Crippen molar-refractivity contribution in [3.05, 3.63) is 70.8 Å². The molecule has 0 saturated carbocycles. The molecule has 0 bridgehead atoms. The van der Waals surface area contributed by atoms with Gasteiger partial charge >= 0.3 is 0 Å². The van der Waals surface area contributed by atoms with Crippen molar-refractivity contribution in [1.82, 2.24) is 5.32 Å². The molecule has 0 heterocycles. The molecule has 0 amide bonds. The van der Waals surface area contributed by atoms with Crippen LogP contribution in [0.5, 0.6) is 0 Å². The lowest BCUT2D eigenvalue weighted by Gasteiger charge is -2.15. The summed E-state index contributed by atoms with van der Waals surface area (Å²) in [5.41, 5.74) is 2.85. The maximum Gasteiger partial charge on any atom is 0.123 e. The van der Waals surface area contributed by atoms with Crippen molar-refractivity contribution in [3.8, 4) is 0 Å². The van der Waals surface area contributed by atoms with Crippen LogP contribution in [0.2, 0.25) is 0 Å². The van der Waals surface area contributed by atoms with Crippen LogP contribution in [0.25, 0.3) is 0 Å². The largest absolute Gasteiger partial charge is 0.306 e. The fourth-order valence-electron chi connectivity index (χ4n) is 1.99. The Balaban J connectivity index is 2.04. The van der Waals surface area contributed by atoms with Crippen LogP contribution in [-0.2, 0) is 6.54 Å². The highest BCUT2D eigenvalue weighted by atomic mass is 19.1. The van der Waals surface area contributed by atoms with E-state index in [1.807, 2.05) is 19.9 Å². The van der Waals surface area contributed by atoms with Gasteiger partial charge in [-0.2, -0.15) is 0 Å². The highest BCUT2D eigenvalue weighted by Crippen LogP contribution is 2.16. The second kappa shape index (κ2) is 5.93. The molecule has 0 radical (unpaired) electrons. The molecule has 0 aliphatic rings. The summed E-state index contributed by atoms with van der Waals surface area (Å²) in [4.78, 5) is 0. The molecule has 0 saturated heterocycles. The van der Waals surface area contributed by atoms with E-state index in [-0.39, 0.29) is 17.7 Å². The molecule has 3 heteroatoms. The third-order valence-corrected chi connectivity index (χ3v) is 3.26. The van der Waals surface area contributed by atoms with E-state index in [1.165, 1.54) is 24.3 Å². The summed E-state index contributed by atoms with van der Waals surface area (Å²) in [7, 11) is 0. The van der Waals surface area contributed by atoms with Crippen LogP contribution in [-0.4, -0.2) is 0 Å². The molecule has 19 heavy (non-hydrogen) atoms. The number of nitrogens with one attached hydrogen (secondary N) is 1. The van der Waals surface area contributed by atoms with Gasteiger partial charge < -0.3 is 5.32 Å². The van der Waals surface area contributed by atoms with E-state index in [0.717, 1.165) is 16.7 Å². The Kier molecular flexibility index (Phi) is 4.27. The van der Waals surface area contributed by atoms with Crippen LogP contribution in [0, 0.1) is 18.6 Å². The van der Waals surface area contributed by atoms with Gasteiger partial charge in [0, 0.05) is 12.6 Å². The number of rotatable bonds is 4.